The molecule has 1 saturated heterocycles. The molecule has 0 aromatic rings. The van der Waals surface area contributed by atoms with Crippen molar-refractivity contribution in [3.8, 4) is 0 Å². The molecular weight excluding hydrogens is 827 g/mol. The first kappa shape index (κ1) is 61.6. The van der Waals surface area contributed by atoms with E-state index in [-0.39, 0.29) is 56.2 Å². The van der Waals surface area contributed by atoms with Gasteiger partial charge in [0.2, 0.25) is 5.91 Å². The van der Waals surface area contributed by atoms with Crippen molar-refractivity contribution in [1.29, 1.82) is 0 Å². The molecule has 23 heteroatoms. The van der Waals surface area contributed by atoms with E-state index in [1.54, 1.807) is 39.0 Å². The highest BCUT2D eigenvalue weighted by Crippen LogP contribution is 2.41. The predicted octanol–water partition coefficient (Wildman–Crippen LogP) is 2.43. The predicted molar refractivity (Wildman–Crippen MR) is 214 cm³/mol. The van der Waals surface area contributed by atoms with Crippen LogP contribution in [0.5, 0.6) is 0 Å². The van der Waals surface area contributed by atoms with Crippen LogP contribution in [0, 0.1) is 0 Å². The number of hydrogen-bond donors (Lipinski definition) is 3. The Morgan fingerprint density at radius 2 is 1.24 bits per heavy atom. The van der Waals surface area contributed by atoms with Crippen molar-refractivity contribution >= 4 is 47.7 Å². The maximum atomic E-state index is 11.1. The van der Waals surface area contributed by atoms with E-state index in [9.17, 15) is 41.5 Å². The second-order valence-corrected chi connectivity index (χ2v) is 15.5. The molecule has 0 aromatic carbocycles. The second kappa shape index (κ2) is 34.7. The average molecular weight is 891 g/mol. The summed E-state index contributed by atoms with van der Waals surface area (Å²) in [6.07, 6.45) is 3.58. The van der Waals surface area contributed by atoms with Crippen LogP contribution in [0.25, 0.3) is 0 Å². The number of esters is 4. The largest absolute Gasteiger partial charge is 0.748 e. The molecule has 0 saturated carbocycles. The SMILES string of the molecule is C=C(C)C(=O)OCCO.C=C(C)C(=O)OCCOC.C=C(C)C(=O)OCCOP(=O)(O)OO.C=C(C)C(=O)OCC[N+](C)(C)CCCS(=O)(=O)[O-].C=CN1CCCC1=O. The molecule has 0 aliphatic carbocycles. The van der Waals surface area contributed by atoms with E-state index in [1.165, 1.54) is 6.92 Å². The van der Waals surface area contributed by atoms with E-state index < -0.39 is 35.8 Å². The molecule has 0 spiro atoms. The number of ether oxygens (including phenoxy) is 5. The lowest BCUT2D eigenvalue weighted by Gasteiger charge is -2.29. The van der Waals surface area contributed by atoms with E-state index in [0.717, 1.165) is 13.0 Å². The van der Waals surface area contributed by atoms with Crippen LogP contribution in [0.1, 0.15) is 47.0 Å². The zero-order chi connectivity index (χ0) is 46.8. The minimum absolute atomic E-state index is 0.0473. The lowest BCUT2D eigenvalue weighted by molar-refractivity contribution is -0.890. The highest BCUT2D eigenvalue weighted by Gasteiger charge is 2.20. The van der Waals surface area contributed by atoms with E-state index >= 15 is 0 Å². The number of likely N-dealkylation sites (tertiary alicyclic amines) is 1. The quantitative estimate of drug-likeness (QED) is 0.0162. The summed E-state index contributed by atoms with van der Waals surface area (Å²) in [4.78, 5) is 63.8. The number of methoxy groups -OCH3 is 1. The van der Waals surface area contributed by atoms with Gasteiger partial charge >= 0.3 is 31.7 Å². The first-order valence-corrected chi connectivity index (χ1v) is 20.6. The van der Waals surface area contributed by atoms with Gasteiger partial charge in [0, 0.05) is 54.5 Å². The molecule has 0 bridgehead atoms. The highest BCUT2D eigenvalue weighted by atomic mass is 32.2. The number of hydrogen-bond acceptors (Lipinski definition) is 18. The summed E-state index contributed by atoms with van der Waals surface area (Å²) < 4.78 is 72.8. The fraction of sp³-hybridized carbons (Fsp3) is 0.583. The zero-order valence-corrected chi connectivity index (χ0v) is 36.8. The number of amides is 1. The van der Waals surface area contributed by atoms with Crippen LogP contribution in [0.2, 0.25) is 0 Å². The van der Waals surface area contributed by atoms with Crippen LogP contribution >= 0.6 is 7.82 Å². The van der Waals surface area contributed by atoms with Crippen LogP contribution in [0.4, 0.5) is 0 Å². The molecule has 342 valence electrons. The van der Waals surface area contributed by atoms with Crippen LogP contribution in [0.15, 0.2) is 61.4 Å². The van der Waals surface area contributed by atoms with Crippen molar-refractivity contribution in [2.75, 3.05) is 92.8 Å². The number of rotatable bonds is 22. The number of carbonyl (C=O) groups excluding carboxylic acids is 5. The van der Waals surface area contributed by atoms with Gasteiger partial charge in [0.15, 0.2) is 0 Å². The van der Waals surface area contributed by atoms with Gasteiger partial charge in [-0.05, 0) is 40.3 Å². The van der Waals surface area contributed by atoms with Gasteiger partial charge in [0.25, 0.3) is 0 Å². The first-order valence-electron chi connectivity index (χ1n) is 17.5. The summed E-state index contributed by atoms with van der Waals surface area (Å²) in [5.41, 5.74) is 1.31. The molecule has 1 rings (SSSR count). The second-order valence-electron chi connectivity index (χ2n) is 12.6. The average Bonchev–Trinajstić information content (AvgIpc) is 3.56. The van der Waals surface area contributed by atoms with Crippen LogP contribution in [0.3, 0.4) is 0 Å². The Hall–Kier alpha value is -4.09. The van der Waals surface area contributed by atoms with Crippen molar-refractivity contribution in [2.24, 2.45) is 0 Å². The van der Waals surface area contributed by atoms with Gasteiger partial charge in [0.1, 0.15) is 33.0 Å². The first-order chi connectivity index (χ1) is 27.1. The topological polar surface area (TPSA) is 288 Å². The lowest BCUT2D eigenvalue weighted by atomic mass is 10.3. The normalized spacial score (nSPS) is 12.7. The number of likely N-dealkylation sites (N-methyl/N-ethyl adjacent to an activating group) is 1. The van der Waals surface area contributed by atoms with E-state index in [1.807, 2.05) is 14.1 Å². The van der Waals surface area contributed by atoms with E-state index in [4.69, 9.17) is 20.0 Å². The molecule has 0 aromatic heterocycles. The highest BCUT2D eigenvalue weighted by molar-refractivity contribution is 7.85. The summed E-state index contributed by atoms with van der Waals surface area (Å²) >= 11 is 0. The minimum atomic E-state index is -4.42. The smallest absolute Gasteiger partial charge is 0.499 e. The van der Waals surface area contributed by atoms with E-state index in [2.05, 4.69) is 61.0 Å². The maximum absolute atomic E-state index is 11.1. The summed E-state index contributed by atoms with van der Waals surface area (Å²) in [6, 6.07) is 0. The lowest BCUT2D eigenvalue weighted by Crippen LogP contribution is -2.43. The molecule has 3 N–H and O–H groups in total. The van der Waals surface area contributed by atoms with E-state index in [0.29, 0.717) is 60.3 Å². The number of aliphatic hydroxyl groups excluding tert-OH is 1. The van der Waals surface area contributed by atoms with Crippen molar-refractivity contribution in [3.63, 3.8) is 0 Å². The minimum Gasteiger partial charge on any atom is -0.748 e. The van der Waals surface area contributed by atoms with Crippen LogP contribution < -0.4 is 0 Å². The summed E-state index contributed by atoms with van der Waals surface area (Å²) in [6.45, 7) is 25.5. The van der Waals surface area contributed by atoms with Gasteiger partial charge in [-0.25, -0.2) is 37.4 Å². The molecule has 0 radical (unpaired) electrons. The van der Waals surface area contributed by atoms with Crippen molar-refractivity contribution in [1.82, 2.24) is 4.90 Å². The fourth-order valence-corrected chi connectivity index (χ4v) is 4.02. The van der Waals surface area contributed by atoms with Crippen LogP contribution in [-0.2, 0) is 71.5 Å². The third-order valence-corrected chi connectivity index (χ3v) is 7.83. The number of phosphoric acid groups is 1. The van der Waals surface area contributed by atoms with Crippen LogP contribution in [-0.4, -0.2) is 160 Å². The monoisotopic (exact) mass is 890 g/mol. The third kappa shape index (κ3) is 41.9. The zero-order valence-electron chi connectivity index (χ0n) is 35.1. The molecule has 1 heterocycles. The van der Waals surface area contributed by atoms with Gasteiger partial charge in [0.05, 0.1) is 50.6 Å². The molecule has 1 aliphatic rings. The number of phosphoric ester groups is 1. The Bertz CT molecular complexity index is 1530. The molecule has 1 fully saturated rings. The number of nitrogens with zero attached hydrogens (tertiary/aromatic N) is 2. The Kier molecular flexibility index (Phi) is 36.3. The van der Waals surface area contributed by atoms with Gasteiger partial charge < -0.3 is 47.6 Å². The van der Waals surface area contributed by atoms with Crippen molar-refractivity contribution < 1.29 is 94.1 Å². The molecule has 1 amide bonds. The van der Waals surface area contributed by atoms with Gasteiger partial charge in [-0.15, -0.1) is 4.67 Å². The number of carbonyl (C=O) groups is 5. The Labute approximate surface area is 347 Å². The van der Waals surface area contributed by atoms with Gasteiger partial charge in [-0.1, -0.05) is 32.9 Å². The summed E-state index contributed by atoms with van der Waals surface area (Å²) in [5.74, 6) is -2.04. The number of quaternary nitrogens is 1. The van der Waals surface area contributed by atoms with Gasteiger partial charge in [-0.2, -0.15) is 0 Å². The maximum Gasteiger partial charge on any atom is 0.499 e. The molecule has 1 atom stereocenters. The molecular formula is C36H63N2O19PS. The third-order valence-electron chi connectivity index (χ3n) is 6.33. The molecule has 59 heavy (non-hydrogen) atoms. The van der Waals surface area contributed by atoms with Crippen molar-refractivity contribution in [2.45, 2.75) is 47.0 Å². The molecule has 1 unspecified atom stereocenters. The summed E-state index contributed by atoms with van der Waals surface area (Å²) in [7, 11) is -3.25. The molecule has 21 nitrogen and oxygen atoms in total. The standard InChI is InChI=1S/C11H21NO5S.C7H12O3.C6H9NO.C6H11O7P.C6H10O3/c1-10(2)11(13)17-8-7-12(3,4)6-5-9-18(14,15)16;1-6(2)7(8)10-5-4-9-3;1-2-7-5-3-4-6(7)8;1-5(2)6(7)11-3-4-12-14(9,10)13-8;1-5(2)6(8)9-4-3-7/h1,5-9H2,2-4H3;1,4-5H2,2-3H3;2H,1,3-5H2;8H,1,3-4H2,2H3,(H,9,10);7H,1,3-4H2,2H3. The Balaban J connectivity index is -0.000000331. The number of aliphatic hydroxyl groups is 1. The van der Waals surface area contributed by atoms with Crippen molar-refractivity contribution in [3.05, 3.63) is 61.4 Å². The Morgan fingerprint density at radius 1 is 0.814 bits per heavy atom. The fourth-order valence-electron chi connectivity index (χ4n) is 3.19. The summed E-state index contributed by atoms with van der Waals surface area (Å²) in [5, 5.41) is 16.0. The van der Waals surface area contributed by atoms with Gasteiger partial charge in [-0.3, -0.25) is 9.32 Å². The molecule has 1 aliphatic heterocycles. The Morgan fingerprint density at radius 3 is 1.56 bits per heavy atom.